The highest BCUT2D eigenvalue weighted by Crippen LogP contribution is 2.12. The Morgan fingerprint density at radius 2 is 0.634 bits per heavy atom. The molecule has 0 radical (unpaired) electrons. The van der Waals surface area contributed by atoms with Crippen molar-refractivity contribution in [3.63, 3.8) is 0 Å². The molecular weight excluding hydrogens is 536 g/mol. The van der Waals surface area contributed by atoms with Crippen molar-refractivity contribution < 1.29 is 30.0 Å². The molecule has 0 bridgehead atoms. The molecule has 248 valence electrons. The highest BCUT2D eigenvalue weighted by molar-refractivity contribution is 7.99. The molecule has 0 saturated carbocycles. The van der Waals surface area contributed by atoms with Crippen LogP contribution < -0.4 is 0 Å². The maximum Gasteiger partial charge on any atom is 0.304 e. The lowest BCUT2D eigenvalue weighted by molar-refractivity contribution is -0.137. The Bertz CT molecular complexity index is 424. The van der Waals surface area contributed by atoms with Gasteiger partial charge >= 0.3 is 11.9 Å². The van der Waals surface area contributed by atoms with Crippen LogP contribution in [0, 0.1) is 0 Å². The molecule has 41 heavy (non-hydrogen) atoms. The van der Waals surface area contributed by atoms with E-state index in [1.165, 1.54) is 153 Å². The molecule has 0 aliphatic rings. The summed E-state index contributed by atoms with van der Waals surface area (Å²) in [5, 5.41) is 33.6. The maximum absolute atomic E-state index is 9.97. The summed E-state index contributed by atoms with van der Waals surface area (Å²) in [6, 6.07) is 0. The van der Waals surface area contributed by atoms with E-state index >= 15 is 0 Å². The second kappa shape index (κ2) is 43.7. The predicted molar refractivity (Wildman–Crippen MR) is 178 cm³/mol. The fraction of sp³-hybridized carbons (Fsp3) is 0.941. The van der Waals surface area contributed by atoms with Crippen molar-refractivity contribution >= 4 is 23.7 Å². The van der Waals surface area contributed by atoms with Crippen LogP contribution in [0.3, 0.4) is 0 Å². The molecule has 0 saturated heterocycles. The first-order valence-electron chi connectivity index (χ1n) is 17.2. The number of carboxylic acid groups (broad SMARTS) is 2. The van der Waals surface area contributed by atoms with E-state index in [-0.39, 0.29) is 12.8 Å². The quantitative estimate of drug-likeness (QED) is 0.0601. The number of thioether (sulfide) groups is 1. The Morgan fingerprint density at radius 1 is 0.415 bits per heavy atom. The van der Waals surface area contributed by atoms with Crippen molar-refractivity contribution in [2.75, 3.05) is 24.7 Å². The van der Waals surface area contributed by atoms with Crippen LogP contribution in [0.15, 0.2) is 0 Å². The van der Waals surface area contributed by atoms with Crippen LogP contribution in [-0.2, 0) is 9.59 Å². The molecule has 0 aliphatic carbocycles. The molecule has 0 aromatic heterocycles. The van der Waals surface area contributed by atoms with Crippen LogP contribution in [-0.4, -0.2) is 57.1 Å². The summed E-state index contributed by atoms with van der Waals surface area (Å²) in [6.07, 6.45) is 32.7. The third kappa shape index (κ3) is 55.7. The Morgan fingerprint density at radius 3 is 0.829 bits per heavy atom. The number of carbonyl (C=O) groups is 2. The molecule has 6 nitrogen and oxygen atoms in total. The number of hydrogen-bond donors (Lipinski definition) is 4. The largest absolute Gasteiger partial charge is 0.481 e. The molecule has 0 amide bonds. The van der Waals surface area contributed by atoms with E-state index in [0.29, 0.717) is 24.7 Å². The van der Waals surface area contributed by atoms with E-state index < -0.39 is 11.9 Å². The normalized spacial score (nSPS) is 10.4. The molecular formula is C34H70O6S. The van der Waals surface area contributed by atoms with E-state index in [1.54, 1.807) is 0 Å². The van der Waals surface area contributed by atoms with Gasteiger partial charge in [0.2, 0.25) is 0 Å². The zero-order chi connectivity index (χ0) is 31.1. The van der Waals surface area contributed by atoms with Gasteiger partial charge in [0, 0.05) is 24.7 Å². The SMILES string of the molecule is CCCCCCCCCCCCCCO.CCCCCCCCCCCCCCO.O=C(O)CCSCCC(=O)O. The topological polar surface area (TPSA) is 115 Å². The molecule has 0 aromatic carbocycles. The van der Waals surface area contributed by atoms with Gasteiger partial charge < -0.3 is 20.4 Å². The zero-order valence-electron chi connectivity index (χ0n) is 27.2. The molecule has 0 aliphatic heterocycles. The molecule has 0 rings (SSSR count). The van der Waals surface area contributed by atoms with Gasteiger partial charge in [-0.15, -0.1) is 0 Å². The van der Waals surface area contributed by atoms with E-state index in [9.17, 15) is 9.59 Å². The minimum absolute atomic E-state index is 0.101. The summed E-state index contributed by atoms with van der Waals surface area (Å²) in [5.41, 5.74) is 0. The van der Waals surface area contributed by atoms with Crippen LogP contribution in [0.4, 0.5) is 0 Å². The first kappa shape index (κ1) is 44.6. The summed E-state index contributed by atoms with van der Waals surface area (Å²) >= 11 is 1.35. The monoisotopic (exact) mass is 606 g/mol. The van der Waals surface area contributed by atoms with Crippen molar-refractivity contribution in [3.05, 3.63) is 0 Å². The maximum atomic E-state index is 9.97. The molecule has 0 aromatic rings. The summed E-state index contributed by atoms with van der Waals surface area (Å²) in [7, 11) is 0. The highest BCUT2D eigenvalue weighted by atomic mass is 32.2. The number of aliphatic hydroxyl groups is 2. The fourth-order valence-electron chi connectivity index (χ4n) is 4.33. The lowest BCUT2D eigenvalue weighted by atomic mass is 10.1. The van der Waals surface area contributed by atoms with E-state index in [0.717, 1.165) is 12.8 Å². The van der Waals surface area contributed by atoms with Crippen LogP contribution in [0.2, 0.25) is 0 Å². The second-order valence-electron chi connectivity index (χ2n) is 11.1. The van der Waals surface area contributed by atoms with Crippen LogP contribution in [0.1, 0.15) is 181 Å². The number of aliphatic carboxylic acids is 2. The van der Waals surface area contributed by atoms with Crippen molar-refractivity contribution in [1.29, 1.82) is 0 Å². The molecule has 7 heteroatoms. The molecule has 0 spiro atoms. The third-order valence-corrected chi connectivity index (χ3v) is 7.93. The molecule has 0 fully saturated rings. The molecule has 0 atom stereocenters. The van der Waals surface area contributed by atoms with Gasteiger partial charge in [0.1, 0.15) is 0 Å². The van der Waals surface area contributed by atoms with Crippen molar-refractivity contribution in [2.24, 2.45) is 0 Å². The van der Waals surface area contributed by atoms with Gasteiger partial charge in [-0.05, 0) is 12.8 Å². The number of aliphatic hydroxyl groups excluding tert-OH is 2. The Kier molecular flexibility index (Phi) is 47.5. The van der Waals surface area contributed by atoms with Crippen molar-refractivity contribution in [3.8, 4) is 0 Å². The first-order chi connectivity index (χ1) is 20.0. The minimum Gasteiger partial charge on any atom is -0.481 e. The number of unbranched alkanes of at least 4 members (excludes halogenated alkanes) is 22. The second-order valence-corrected chi connectivity index (χ2v) is 12.3. The summed E-state index contributed by atoms with van der Waals surface area (Å²) in [6.45, 7) is 5.29. The summed E-state index contributed by atoms with van der Waals surface area (Å²) in [5.74, 6) is -0.703. The number of rotatable bonds is 30. The molecule has 4 N–H and O–H groups in total. The molecule has 0 unspecified atom stereocenters. The Hall–Kier alpha value is -0.790. The van der Waals surface area contributed by atoms with Gasteiger partial charge in [0.15, 0.2) is 0 Å². The Balaban J connectivity index is -0.000000536. The highest BCUT2D eigenvalue weighted by Gasteiger charge is 1.99. The van der Waals surface area contributed by atoms with E-state index in [2.05, 4.69) is 13.8 Å². The van der Waals surface area contributed by atoms with Crippen LogP contribution in [0.25, 0.3) is 0 Å². The summed E-state index contributed by atoms with van der Waals surface area (Å²) in [4.78, 5) is 19.9. The van der Waals surface area contributed by atoms with Crippen molar-refractivity contribution in [2.45, 2.75) is 181 Å². The van der Waals surface area contributed by atoms with Gasteiger partial charge in [-0.2, -0.15) is 11.8 Å². The van der Waals surface area contributed by atoms with Crippen LogP contribution in [0.5, 0.6) is 0 Å². The lowest BCUT2D eigenvalue weighted by Gasteiger charge is -2.01. The van der Waals surface area contributed by atoms with Crippen LogP contribution >= 0.6 is 11.8 Å². The molecule has 0 heterocycles. The van der Waals surface area contributed by atoms with Gasteiger partial charge in [0.05, 0.1) is 12.8 Å². The number of hydrogen-bond acceptors (Lipinski definition) is 5. The first-order valence-corrected chi connectivity index (χ1v) is 18.3. The standard InChI is InChI=1S/2C14H30O.C6H10O4S/c2*1-2-3-4-5-6-7-8-9-10-11-12-13-14-15;7-5(8)1-3-11-4-2-6(9)10/h2*15H,2-14H2,1H3;1-4H2,(H,7,8)(H,9,10). The summed E-state index contributed by atoms with van der Waals surface area (Å²) < 4.78 is 0. The minimum atomic E-state index is -0.840. The van der Waals surface area contributed by atoms with Gasteiger partial charge in [-0.25, -0.2) is 0 Å². The third-order valence-electron chi connectivity index (χ3n) is 6.94. The average Bonchev–Trinajstić information content (AvgIpc) is 2.95. The fourth-order valence-corrected chi connectivity index (χ4v) is 5.17. The average molecular weight is 607 g/mol. The van der Waals surface area contributed by atoms with E-state index in [4.69, 9.17) is 20.4 Å². The smallest absolute Gasteiger partial charge is 0.304 e. The predicted octanol–water partition coefficient (Wildman–Crippen LogP) is 10.0. The van der Waals surface area contributed by atoms with Gasteiger partial charge in [-0.3, -0.25) is 9.59 Å². The Labute approximate surface area is 258 Å². The van der Waals surface area contributed by atoms with Gasteiger partial charge in [-0.1, -0.05) is 155 Å². The zero-order valence-corrected chi connectivity index (χ0v) is 28.0. The van der Waals surface area contributed by atoms with Crippen molar-refractivity contribution in [1.82, 2.24) is 0 Å². The lowest BCUT2D eigenvalue weighted by Crippen LogP contribution is -1.99. The van der Waals surface area contributed by atoms with Gasteiger partial charge in [0.25, 0.3) is 0 Å². The number of carboxylic acids is 2. The van der Waals surface area contributed by atoms with E-state index in [1.807, 2.05) is 0 Å².